The molecule has 31 heavy (non-hydrogen) atoms. The van der Waals surface area contributed by atoms with Crippen LogP contribution in [0.15, 0.2) is 47.7 Å². The molecule has 6 heteroatoms. The molecule has 2 fully saturated rings. The molecular formula is C25H30N4O2. The number of ketones is 2. The molecule has 3 aliphatic rings. The van der Waals surface area contributed by atoms with Crippen LogP contribution in [0.5, 0.6) is 0 Å². The standard InChI is InChI=1S/C25H30N4O2/c1-14(22(31)25-13-24(25,4)21(16(3)30)15(2)28-25)17-10-11-29(5)20(12-17)23-26-18-8-6-7-9-19(18)27-23/h6-9,17,20,28H,1,10-13H2,2-5H3,(H,26,27)/t17-,20-,24?,25?/m1/s1. The first-order valence-electron chi connectivity index (χ1n) is 11.1. The molecule has 162 valence electrons. The number of nitrogens with one attached hydrogen (secondary N) is 2. The third kappa shape index (κ3) is 2.77. The minimum absolute atomic E-state index is 0.0505. The van der Waals surface area contributed by atoms with Crippen molar-refractivity contribution in [2.24, 2.45) is 11.3 Å². The number of hydrogen-bond acceptors (Lipinski definition) is 5. The van der Waals surface area contributed by atoms with Crippen molar-refractivity contribution in [3.8, 4) is 0 Å². The van der Waals surface area contributed by atoms with E-state index >= 15 is 0 Å². The van der Waals surface area contributed by atoms with Crippen LogP contribution in [0.2, 0.25) is 0 Å². The monoisotopic (exact) mass is 418 g/mol. The van der Waals surface area contributed by atoms with Crippen molar-refractivity contribution in [3.05, 3.63) is 53.5 Å². The van der Waals surface area contributed by atoms with Crippen molar-refractivity contribution < 1.29 is 9.59 Å². The molecule has 2 unspecified atom stereocenters. The Morgan fingerprint density at radius 1 is 1.29 bits per heavy atom. The summed E-state index contributed by atoms with van der Waals surface area (Å²) in [5.74, 6) is 1.17. The number of imidazole rings is 1. The third-order valence-electron chi connectivity index (χ3n) is 7.88. The second-order valence-electron chi connectivity index (χ2n) is 9.81. The zero-order valence-electron chi connectivity index (χ0n) is 18.7. The van der Waals surface area contributed by atoms with Crippen molar-refractivity contribution >= 4 is 22.6 Å². The molecule has 1 saturated carbocycles. The fraction of sp³-hybridized carbons (Fsp3) is 0.480. The van der Waals surface area contributed by atoms with E-state index in [1.54, 1.807) is 6.92 Å². The molecule has 6 nitrogen and oxygen atoms in total. The molecule has 0 bridgehead atoms. The Bertz CT molecular complexity index is 1130. The van der Waals surface area contributed by atoms with Crippen LogP contribution in [0.1, 0.15) is 51.9 Å². The van der Waals surface area contributed by atoms with Crippen molar-refractivity contribution in [1.29, 1.82) is 0 Å². The highest BCUT2D eigenvalue weighted by atomic mass is 16.1. The van der Waals surface area contributed by atoms with Crippen molar-refractivity contribution in [1.82, 2.24) is 20.2 Å². The molecule has 0 radical (unpaired) electrons. The molecule has 1 saturated heterocycles. The number of piperidine rings is 1. The van der Waals surface area contributed by atoms with Gasteiger partial charge < -0.3 is 10.3 Å². The van der Waals surface area contributed by atoms with Gasteiger partial charge in [0.1, 0.15) is 11.4 Å². The fourth-order valence-electron chi connectivity index (χ4n) is 6.12. The van der Waals surface area contributed by atoms with Gasteiger partial charge in [-0.25, -0.2) is 4.98 Å². The average molecular weight is 419 g/mol. The lowest BCUT2D eigenvalue weighted by atomic mass is 9.80. The van der Waals surface area contributed by atoms with Gasteiger partial charge in [0.15, 0.2) is 11.6 Å². The van der Waals surface area contributed by atoms with Crippen LogP contribution in [-0.4, -0.2) is 45.6 Å². The van der Waals surface area contributed by atoms with Crippen LogP contribution in [-0.2, 0) is 9.59 Å². The minimum Gasteiger partial charge on any atom is -0.375 e. The maximum atomic E-state index is 13.7. The summed E-state index contributed by atoms with van der Waals surface area (Å²) in [4.78, 5) is 36.4. The highest BCUT2D eigenvalue weighted by Gasteiger charge is 2.75. The highest BCUT2D eigenvalue weighted by molar-refractivity contribution is 6.11. The Morgan fingerprint density at radius 2 is 2.03 bits per heavy atom. The van der Waals surface area contributed by atoms with Crippen LogP contribution in [0, 0.1) is 11.3 Å². The van der Waals surface area contributed by atoms with Crippen LogP contribution in [0.25, 0.3) is 11.0 Å². The van der Waals surface area contributed by atoms with Crippen molar-refractivity contribution in [2.75, 3.05) is 13.6 Å². The van der Waals surface area contributed by atoms with E-state index in [1.807, 2.05) is 38.1 Å². The number of likely N-dealkylation sites (tertiary alicyclic amines) is 1. The topological polar surface area (TPSA) is 78.1 Å². The van der Waals surface area contributed by atoms with E-state index in [4.69, 9.17) is 4.98 Å². The Labute approximate surface area is 182 Å². The van der Waals surface area contributed by atoms with E-state index in [1.165, 1.54) is 0 Å². The number of carbonyl (C=O) groups excluding carboxylic acids is 2. The lowest BCUT2D eigenvalue weighted by Gasteiger charge is -2.37. The summed E-state index contributed by atoms with van der Waals surface area (Å²) in [5.41, 5.74) is 3.19. The highest BCUT2D eigenvalue weighted by Crippen LogP contribution is 2.66. The van der Waals surface area contributed by atoms with Gasteiger partial charge in [-0.1, -0.05) is 25.6 Å². The molecule has 0 amide bonds. The quantitative estimate of drug-likeness (QED) is 0.724. The second kappa shape index (κ2) is 6.63. The van der Waals surface area contributed by atoms with Gasteiger partial charge >= 0.3 is 0 Å². The van der Waals surface area contributed by atoms with E-state index in [2.05, 4.69) is 28.8 Å². The lowest BCUT2D eigenvalue weighted by Crippen LogP contribution is -2.43. The van der Waals surface area contributed by atoms with Gasteiger partial charge in [0.2, 0.25) is 0 Å². The van der Waals surface area contributed by atoms with E-state index < -0.39 is 11.0 Å². The molecule has 4 atom stereocenters. The summed E-state index contributed by atoms with van der Waals surface area (Å²) >= 11 is 0. The molecular weight excluding hydrogens is 388 g/mol. The van der Waals surface area contributed by atoms with E-state index in [-0.39, 0.29) is 23.5 Å². The van der Waals surface area contributed by atoms with E-state index in [9.17, 15) is 9.59 Å². The van der Waals surface area contributed by atoms with Gasteiger partial charge in [0.05, 0.1) is 17.1 Å². The average Bonchev–Trinajstić information content (AvgIpc) is 3.03. The number of nitrogens with zero attached hydrogens (tertiary/aromatic N) is 2. The van der Waals surface area contributed by atoms with Gasteiger partial charge in [-0.2, -0.15) is 0 Å². The summed E-state index contributed by atoms with van der Waals surface area (Å²) < 4.78 is 0. The number of benzene rings is 1. The van der Waals surface area contributed by atoms with Gasteiger partial charge in [0, 0.05) is 16.7 Å². The Kier molecular flexibility index (Phi) is 4.32. The minimum atomic E-state index is -0.687. The van der Waals surface area contributed by atoms with E-state index in [0.717, 1.165) is 47.5 Å². The summed E-state index contributed by atoms with van der Waals surface area (Å²) in [6, 6.07) is 8.16. The van der Waals surface area contributed by atoms with Crippen molar-refractivity contribution in [2.45, 2.75) is 51.6 Å². The fourth-order valence-corrected chi connectivity index (χ4v) is 6.12. The predicted molar refractivity (Wildman–Crippen MR) is 120 cm³/mol. The first-order chi connectivity index (χ1) is 14.7. The number of H-pyrrole nitrogens is 1. The van der Waals surface area contributed by atoms with Crippen molar-refractivity contribution in [3.63, 3.8) is 0 Å². The number of carbonyl (C=O) groups is 2. The number of hydrogen-bond donors (Lipinski definition) is 2. The maximum Gasteiger partial charge on any atom is 0.184 e. The van der Waals surface area contributed by atoms with Crippen LogP contribution < -0.4 is 5.32 Å². The number of para-hydroxylation sites is 2. The first kappa shape index (κ1) is 20.2. The number of aromatic nitrogens is 2. The number of rotatable bonds is 5. The number of fused-ring (bicyclic) bond motifs is 2. The summed E-state index contributed by atoms with van der Waals surface area (Å²) in [6.07, 6.45) is 2.37. The lowest BCUT2D eigenvalue weighted by molar-refractivity contribution is -0.119. The third-order valence-corrected chi connectivity index (χ3v) is 7.88. The van der Waals surface area contributed by atoms with Gasteiger partial charge in [-0.15, -0.1) is 0 Å². The summed E-state index contributed by atoms with van der Waals surface area (Å²) in [7, 11) is 2.11. The SMILES string of the molecule is C=C(C(=O)C12CC1(C)C(C(C)=O)=C(C)N2)[C@@H]1CCN(C)[C@@H](c2nc3ccccc3[nH]2)C1. The number of allylic oxidation sites excluding steroid dienone is 1. The smallest absolute Gasteiger partial charge is 0.184 e. The molecule has 2 aliphatic heterocycles. The normalized spacial score (nSPS) is 32.6. The molecule has 1 aliphatic carbocycles. The van der Waals surface area contributed by atoms with Crippen LogP contribution in [0.3, 0.4) is 0 Å². The van der Waals surface area contributed by atoms with Gasteiger partial charge in [0.25, 0.3) is 0 Å². The molecule has 1 aromatic carbocycles. The number of aromatic amines is 1. The second-order valence-corrected chi connectivity index (χ2v) is 9.81. The molecule has 5 rings (SSSR count). The molecule has 2 N–H and O–H groups in total. The first-order valence-corrected chi connectivity index (χ1v) is 11.1. The molecule has 2 aromatic rings. The Morgan fingerprint density at radius 3 is 2.71 bits per heavy atom. The van der Waals surface area contributed by atoms with Gasteiger partial charge in [-0.3, -0.25) is 14.5 Å². The Hall–Kier alpha value is -2.73. The molecule has 1 aromatic heterocycles. The zero-order chi connectivity index (χ0) is 22.1. The van der Waals surface area contributed by atoms with E-state index in [0.29, 0.717) is 12.0 Å². The van der Waals surface area contributed by atoms with Crippen LogP contribution >= 0.6 is 0 Å². The van der Waals surface area contributed by atoms with Crippen LogP contribution in [0.4, 0.5) is 0 Å². The largest absolute Gasteiger partial charge is 0.375 e. The Balaban J connectivity index is 1.37. The summed E-state index contributed by atoms with van der Waals surface area (Å²) in [6.45, 7) is 10.7. The maximum absolute atomic E-state index is 13.7. The molecule has 0 spiro atoms. The summed E-state index contributed by atoms with van der Waals surface area (Å²) in [5, 5.41) is 3.38. The number of Topliss-reactive ketones (excluding diaryl/α,β-unsaturated/α-hetero) is 2. The van der Waals surface area contributed by atoms with Gasteiger partial charge in [-0.05, 0) is 70.3 Å². The zero-order valence-corrected chi connectivity index (χ0v) is 18.7. The molecule has 3 heterocycles. The predicted octanol–water partition coefficient (Wildman–Crippen LogP) is 3.69.